The van der Waals surface area contributed by atoms with Gasteiger partial charge in [0.1, 0.15) is 12.2 Å². The van der Waals surface area contributed by atoms with Crippen LogP contribution in [0.15, 0.2) is 48.6 Å². The van der Waals surface area contributed by atoms with Crippen LogP contribution < -0.4 is 9.47 Å². The Balaban J connectivity index is 1.65. The fraction of sp³-hybridized carbons (Fsp3) is 0.444. The average Bonchev–Trinajstić information content (AvgIpc) is 2.98. The standard InChI is InChI=1S/C27H33NO4/c1-17(2)27-12-13-28(5)16-21-10-11-22(30-6)25(24(21)27)32-23(27)15-19(4)31-26(29)20-9-7-8-18(3)14-20/h7-11,14,19,23H,1,12-13,15-16H2,2-6H3/t19-,23?,27+/m0/s1. The summed E-state index contributed by atoms with van der Waals surface area (Å²) in [6.07, 6.45) is 0.978. The number of rotatable bonds is 6. The van der Waals surface area contributed by atoms with Gasteiger partial charge in [0.05, 0.1) is 18.1 Å². The van der Waals surface area contributed by atoms with Gasteiger partial charge in [0.25, 0.3) is 0 Å². The molecule has 4 rings (SSSR count). The summed E-state index contributed by atoms with van der Waals surface area (Å²) in [6, 6.07) is 11.6. The molecule has 0 saturated heterocycles. The molecule has 2 aromatic rings. The Kier molecular flexibility index (Phi) is 6.04. The Hall–Kier alpha value is -2.79. The Morgan fingerprint density at radius 2 is 2.12 bits per heavy atom. The first-order valence-corrected chi connectivity index (χ1v) is 11.3. The minimum atomic E-state index is -0.339. The summed E-state index contributed by atoms with van der Waals surface area (Å²) >= 11 is 0. The minimum absolute atomic E-state index is 0.183. The van der Waals surface area contributed by atoms with Crippen molar-refractivity contribution in [2.24, 2.45) is 0 Å². The van der Waals surface area contributed by atoms with Crippen molar-refractivity contribution in [3.05, 3.63) is 70.8 Å². The summed E-state index contributed by atoms with van der Waals surface area (Å²) in [5.41, 5.74) is 4.77. The summed E-state index contributed by atoms with van der Waals surface area (Å²) < 4.78 is 18.1. The van der Waals surface area contributed by atoms with Crippen molar-refractivity contribution >= 4 is 5.97 Å². The molecule has 0 fully saturated rings. The first-order valence-electron chi connectivity index (χ1n) is 11.3. The number of ether oxygens (including phenoxy) is 3. The van der Waals surface area contributed by atoms with E-state index in [1.165, 1.54) is 11.1 Å². The van der Waals surface area contributed by atoms with E-state index in [1.807, 2.05) is 38.1 Å². The smallest absolute Gasteiger partial charge is 0.338 e. The number of hydrogen-bond donors (Lipinski definition) is 0. The summed E-state index contributed by atoms with van der Waals surface area (Å²) in [7, 11) is 3.82. The van der Waals surface area contributed by atoms with Gasteiger partial charge in [-0.1, -0.05) is 35.9 Å². The quantitative estimate of drug-likeness (QED) is 0.469. The zero-order chi connectivity index (χ0) is 23.0. The molecule has 5 heteroatoms. The third-order valence-electron chi connectivity index (χ3n) is 6.88. The summed E-state index contributed by atoms with van der Waals surface area (Å²) in [5.74, 6) is 1.25. The van der Waals surface area contributed by atoms with Crippen LogP contribution in [0.5, 0.6) is 11.5 Å². The van der Waals surface area contributed by atoms with Crippen molar-refractivity contribution in [1.29, 1.82) is 0 Å². The molecule has 0 spiro atoms. The normalized spacial score (nSPS) is 23.0. The zero-order valence-corrected chi connectivity index (χ0v) is 19.7. The fourth-order valence-corrected chi connectivity index (χ4v) is 5.25. The summed E-state index contributed by atoms with van der Waals surface area (Å²) in [6.45, 7) is 12.2. The van der Waals surface area contributed by atoms with Gasteiger partial charge in [0.15, 0.2) is 11.5 Å². The van der Waals surface area contributed by atoms with Crippen molar-refractivity contribution in [2.75, 3.05) is 20.7 Å². The van der Waals surface area contributed by atoms with Crippen molar-refractivity contribution in [3.8, 4) is 11.5 Å². The van der Waals surface area contributed by atoms with Gasteiger partial charge in [-0.15, -0.1) is 0 Å². The van der Waals surface area contributed by atoms with E-state index in [0.29, 0.717) is 12.0 Å². The monoisotopic (exact) mass is 435 g/mol. The Labute approximate surface area is 191 Å². The van der Waals surface area contributed by atoms with E-state index < -0.39 is 0 Å². The number of hydrogen-bond acceptors (Lipinski definition) is 5. The molecule has 5 nitrogen and oxygen atoms in total. The lowest BCUT2D eigenvalue weighted by atomic mass is 9.67. The van der Waals surface area contributed by atoms with E-state index in [4.69, 9.17) is 14.2 Å². The molecular weight excluding hydrogens is 402 g/mol. The Morgan fingerprint density at radius 3 is 2.81 bits per heavy atom. The number of carbonyl (C=O) groups excluding carboxylic acids is 1. The molecule has 0 aliphatic carbocycles. The van der Waals surface area contributed by atoms with Crippen molar-refractivity contribution in [1.82, 2.24) is 4.90 Å². The molecule has 0 bridgehead atoms. The van der Waals surface area contributed by atoms with Gasteiger partial charge >= 0.3 is 5.97 Å². The molecule has 0 aromatic heterocycles. The zero-order valence-electron chi connectivity index (χ0n) is 19.7. The molecule has 2 aromatic carbocycles. The maximum atomic E-state index is 12.7. The van der Waals surface area contributed by atoms with Crippen LogP contribution in [-0.4, -0.2) is 43.8 Å². The molecule has 2 heterocycles. The van der Waals surface area contributed by atoms with Gasteiger partial charge < -0.3 is 19.1 Å². The van der Waals surface area contributed by atoms with Gasteiger partial charge in [-0.25, -0.2) is 4.79 Å². The Morgan fingerprint density at radius 1 is 1.34 bits per heavy atom. The lowest BCUT2D eigenvalue weighted by Crippen LogP contribution is -2.42. The van der Waals surface area contributed by atoms with Crippen LogP contribution in [-0.2, 0) is 16.7 Å². The van der Waals surface area contributed by atoms with Crippen LogP contribution in [0.4, 0.5) is 0 Å². The van der Waals surface area contributed by atoms with E-state index in [2.05, 4.69) is 31.5 Å². The first kappa shape index (κ1) is 22.4. The minimum Gasteiger partial charge on any atom is -0.493 e. The number of methoxy groups -OCH3 is 1. The van der Waals surface area contributed by atoms with Crippen LogP contribution in [0, 0.1) is 6.92 Å². The second-order valence-corrected chi connectivity index (χ2v) is 9.30. The number of nitrogens with zero attached hydrogens (tertiary/aromatic N) is 1. The molecule has 2 aliphatic rings. The largest absolute Gasteiger partial charge is 0.493 e. The predicted octanol–water partition coefficient (Wildman–Crippen LogP) is 5.05. The van der Waals surface area contributed by atoms with E-state index >= 15 is 0 Å². The fourth-order valence-electron chi connectivity index (χ4n) is 5.25. The third-order valence-corrected chi connectivity index (χ3v) is 6.88. The van der Waals surface area contributed by atoms with Crippen molar-refractivity contribution in [2.45, 2.75) is 57.8 Å². The van der Waals surface area contributed by atoms with Crippen LogP contribution in [0.25, 0.3) is 0 Å². The van der Waals surface area contributed by atoms with Crippen LogP contribution >= 0.6 is 0 Å². The SMILES string of the molecule is C=C(C)[C@@]12CCN(C)Cc3ccc(OC)c(c31)OC2C[C@H](C)OC(=O)c1cccc(C)c1. The second kappa shape index (κ2) is 8.62. The molecule has 0 saturated carbocycles. The maximum Gasteiger partial charge on any atom is 0.338 e. The molecule has 0 radical (unpaired) electrons. The van der Waals surface area contributed by atoms with Crippen LogP contribution in [0.2, 0.25) is 0 Å². The molecule has 32 heavy (non-hydrogen) atoms. The van der Waals surface area contributed by atoms with Crippen molar-refractivity contribution in [3.63, 3.8) is 0 Å². The summed E-state index contributed by atoms with van der Waals surface area (Å²) in [4.78, 5) is 15.1. The predicted molar refractivity (Wildman–Crippen MR) is 126 cm³/mol. The molecular formula is C27H33NO4. The van der Waals surface area contributed by atoms with Gasteiger partial charge in [0, 0.05) is 18.5 Å². The highest BCUT2D eigenvalue weighted by molar-refractivity contribution is 5.89. The Bertz CT molecular complexity index is 1050. The van der Waals surface area contributed by atoms with E-state index in [-0.39, 0.29) is 23.6 Å². The average molecular weight is 436 g/mol. The highest BCUT2D eigenvalue weighted by Crippen LogP contribution is 2.56. The van der Waals surface area contributed by atoms with Crippen molar-refractivity contribution < 1.29 is 19.0 Å². The first-order chi connectivity index (χ1) is 15.3. The number of aryl methyl sites for hydroxylation is 1. The van der Waals surface area contributed by atoms with Crippen LogP contribution in [0.1, 0.15) is 53.7 Å². The van der Waals surface area contributed by atoms with E-state index in [9.17, 15) is 4.79 Å². The molecule has 2 aliphatic heterocycles. The molecule has 0 amide bonds. The van der Waals surface area contributed by atoms with Gasteiger partial charge in [-0.05, 0) is 64.5 Å². The highest BCUT2D eigenvalue weighted by Gasteiger charge is 2.53. The third kappa shape index (κ3) is 3.79. The number of benzene rings is 2. The van der Waals surface area contributed by atoms with Gasteiger partial charge in [-0.2, -0.15) is 0 Å². The molecule has 0 N–H and O–H groups in total. The summed E-state index contributed by atoms with van der Waals surface area (Å²) in [5, 5.41) is 0. The lowest BCUT2D eigenvalue weighted by Gasteiger charge is -2.36. The van der Waals surface area contributed by atoms with E-state index in [1.54, 1.807) is 13.2 Å². The molecule has 1 unspecified atom stereocenters. The highest BCUT2D eigenvalue weighted by atomic mass is 16.6. The van der Waals surface area contributed by atoms with Crippen LogP contribution in [0.3, 0.4) is 0 Å². The number of esters is 1. The molecule has 3 atom stereocenters. The molecule has 170 valence electrons. The van der Waals surface area contributed by atoms with E-state index in [0.717, 1.165) is 42.1 Å². The lowest BCUT2D eigenvalue weighted by molar-refractivity contribution is 0.0180. The van der Waals surface area contributed by atoms with Gasteiger partial charge in [-0.3, -0.25) is 0 Å². The second-order valence-electron chi connectivity index (χ2n) is 9.30. The topological polar surface area (TPSA) is 48.0 Å². The number of carbonyl (C=O) groups is 1. The van der Waals surface area contributed by atoms with Gasteiger partial charge in [0.2, 0.25) is 0 Å². The maximum absolute atomic E-state index is 12.7.